The first-order chi connectivity index (χ1) is 8.63. The SMILES string of the molecule is CCCCNCc1ccc(OCC(=O)[O-])c(C)c1. The van der Waals surface area contributed by atoms with Crippen molar-refractivity contribution in [3.63, 3.8) is 0 Å². The summed E-state index contributed by atoms with van der Waals surface area (Å²) in [5.74, 6) is -0.615. The molecule has 0 spiro atoms. The number of ether oxygens (including phenoxy) is 1. The van der Waals surface area contributed by atoms with Gasteiger partial charge in [-0.05, 0) is 37.1 Å². The van der Waals surface area contributed by atoms with Gasteiger partial charge in [-0.3, -0.25) is 0 Å². The fraction of sp³-hybridized carbons (Fsp3) is 0.500. The minimum Gasteiger partial charge on any atom is -0.546 e. The van der Waals surface area contributed by atoms with Crippen molar-refractivity contribution in [1.82, 2.24) is 5.32 Å². The standard InChI is InChI=1S/C14H21NO3/c1-3-4-7-15-9-12-5-6-13(11(2)8-12)18-10-14(16)17/h5-6,8,15H,3-4,7,9-10H2,1-2H3,(H,16,17)/p-1. The van der Waals surface area contributed by atoms with Gasteiger partial charge in [0.15, 0.2) is 0 Å². The first-order valence-corrected chi connectivity index (χ1v) is 6.26. The van der Waals surface area contributed by atoms with Crippen molar-refractivity contribution in [1.29, 1.82) is 0 Å². The lowest BCUT2D eigenvalue weighted by atomic mass is 10.1. The Morgan fingerprint density at radius 1 is 1.44 bits per heavy atom. The maximum Gasteiger partial charge on any atom is 0.128 e. The summed E-state index contributed by atoms with van der Waals surface area (Å²) in [7, 11) is 0. The van der Waals surface area contributed by atoms with E-state index in [-0.39, 0.29) is 0 Å². The Bertz CT molecular complexity index is 391. The lowest BCUT2D eigenvalue weighted by molar-refractivity contribution is -0.307. The summed E-state index contributed by atoms with van der Waals surface area (Å²) in [4.78, 5) is 10.3. The molecule has 0 aliphatic carbocycles. The van der Waals surface area contributed by atoms with Crippen molar-refractivity contribution in [2.24, 2.45) is 0 Å². The second-order valence-corrected chi connectivity index (χ2v) is 4.29. The number of carboxylic acid groups (broad SMARTS) is 1. The molecular weight excluding hydrogens is 230 g/mol. The zero-order valence-corrected chi connectivity index (χ0v) is 11.0. The molecule has 0 aliphatic rings. The molecule has 1 rings (SSSR count). The Kier molecular flexibility index (Phi) is 6.22. The first-order valence-electron chi connectivity index (χ1n) is 6.26. The number of hydrogen-bond acceptors (Lipinski definition) is 4. The molecule has 0 bridgehead atoms. The molecule has 0 aliphatic heterocycles. The van der Waals surface area contributed by atoms with Gasteiger partial charge >= 0.3 is 0 Å². The molecule has 0 heterocycles. The highest BCUT2D eigenvalue weighted by Crippen LogP contribution is 2.18. The van der Waals surface area contributed by atoms with E-state index in [0.717, 1.165) is 18.7 Å². The predicted octanol–water partition coefficient (Wildman–Crippen LogP) is 1.01. The second kappa shape index (κ2) is 7.71. The van der Waals surface area contributed by atoms with E-state index >= 15 is 0 Å². The maximum absolute atomic E-state index is 10.3. The third-order valence-electron chi connectivity index (χ3n) is 2.62. The fourth-order valence-electron chi connectivity index (χ4n) is 1.65. The van der Waals surface area contributed by atoms with Gasteiger partial charge in [0.05, 0.1) is 5.97 Å². The van der Waals surface area contributed by atoms with Crippen LogP contribution in [-0.4, -0.2) is 19.1 Å². The van der Waals surface area contributed by atoms with Gasteiger partial charge in [-0.2, -0.15) is 0 Å². The van der Waals surface area contributed by atoms with Gasteiger partial charge in [0.25, 0.3) is 0 Å². The van der Waals surface area contributed by atoms with Gasteiger partial charge in [-0.1, -0.05) is 25.5 Å². The Morgan fingerprint density at radius 3 is 2.83 bits per heavy atom. The molecule has 100 valence electrons. The number of aliphatic carboxylic acids is 1. The summed E-state index contributed by atoms with van der Waals surface area (Å²) in [6, 6.07) is 5.75. The molecule has 0 saturated heterocycles. The van der Waals surface area contributed by atoms with E-state index in [4.69, 9.17) is 4.74 Å². The topological polar surface area (TPSA) is 61.4 Å². The highest BCUT2D eigenvalue weighted by molar-refractivity contribution is 5.66. The average molecular weight is 250 g/mol. The summed E-state index contributed by atoms with van der Waals surface area (Å²) < 4.78 is 5.11. The molecule has 0 aromatic heterocycles. The molecular formula is C14H20NO3-. The lowest BCUT2D eigenvalue weighted by Crippen LogP contribution is -2.29. The van der Waals surface area contributed by atoms with Gasteiger partial charge in [0.2, 0.25) is 0 Å². The van der Waals surface area contributed by atoms with E-state index in [1.807, 2.05) is 19.1 Å². The van der Waals surface area contributed by atoms with Crippen LogP contribution in [0.15, 0.2) is 18.2 Å². The van der Waals surface area contributed by atoms with E-state index in [9.17, 15) is 9.90 Å². The highest BCUT2D eigenvalue weighted by atomic mass is 16.5. The number of carbonyl (C=O) groups excluding carboxylic acids is 1. The monoisotopic (exact) mass is 250 g/mol. The Hall–Kier alpha value is -1.55. The van der Waals surface area contributed by atoms with Gasteiger partial charge in [-0.25, -0.2) is 0 Å². The second-order valence-electron chi connectivity index (χ2n) is 4.29. The summed E-state index contributed by atoms with van der Waals surface area (Å²) >= 11 is 0. The molecule has 0 amide bonds. The fourth-order valence-corrected chi connectivity index (χ4v) is 1.65. The van der Waals surface area contributed by atoms with Gasteiger partial charge in [0.1, 0.15) is 12.4 Å². The van der Waals surface area contributed by atoms with Crippen molar-refractivity contribution >= 4 is 5.97 Å². The van der Waals surface area contributed by atoms with Crippen LogP contribution in [0, 0.1) is 6.92 Å². The maximum atomic E-state index is 10.3. The quantitative estimate of drug-likeness (QED) is 0.700. The van der Waals surface area contributed by atoms with Crippen molar-refractivity contribution in [2.45, 2.75) is 33.2 Å². The molecule has 0 atom stereocenters. The highest BCUT2D eigenvalue weighted by Gasteiger charge is 2.01. The van der Waals surface area contributed by atoms with Crippen LogP contribution < -0.4 is 15.2 Å². The largest absolute Gasteiger partial charge is 0.546 e. The number of benzene rings is 1. The van der Waals surface area contributed by atoms with Crippen molar-refractivity contribution in [3.8, 4) is 5.75 Å². The molecule has 0 radical (unpaired) electrons. The van der Waals surface area contributed by atoms with E-state index in [1.165, 1.54) is 18.4 Å². The molecule has 1 N–H and O–H groups in total. The molecule has 0 fully saturated rings. The molecule has 4 nitrogen and oxygen atoms in total. The Morgan fingerprint density at radius 2 is 2.22 bits per heavy atom. The van der Waals surface area contributed by atoms with Gasteiger partial charge < -0.3 is 20.0 Å². The average Bonchev–Trinajstić information content (AvgIpc) is 2.33. The minimum absolute atomic E-state index is 0.408. The summed E-state index contributed by atoms with van der Waals surface area (Å²) in [6.45, 7) is 5.49. The first kappa shape index (κ1) is 14.5. The van der Waals surface area contributed by atoms with Crippen molar-refractivity contribution in [3.05, 3.63) is 29.3 Å². The number of rotatable bonds is 8. The van der Waals surface area contributed by atoms with Crippen LogP contribution in [0.25, 0.3) is 0 Å². The van der Waals surface area contributed by atoms with E-state index in [0.29, 0.717) is 5.75 Å². The number of hydrogen-bond donors (Lipinski definition) is 1. The van der Waals surface area contributed by atoms with Crippen LogP contribution in [0.2, 0.25) is 0 Å². The number of aryl methyl sites for hydroxylation is 1. The summed E-state index contributed by atoms with van der Waals surface area (Å²) in [6.07, 6.45) is 2.35. The Balaban J connectivity index is 2.48. The zero-order valence-electron chi connectivity index (χ0n) is 11.0. The lowest BCUT2D eigenvalue weighted by Gasteiger charge is -2.11. The van der Waals surface area contributed by atoms with Crippen LogP contribution in [-0.2, 0) is 11.3 Å². The number of nitrogens with one attached hydrogen (secondary N) is 1. The van der Waals surface area contributed by atoms with Crippen molar-refractivity contribution in [2.75, 3.05) is 13.2 Å². The van der Waals surface area contributed by atoms with Crippen LogP contribution in [0.4, 0.5) is 0 Å². The number of unbranched alkanes of at least 4 members (excludes halogenated alkanes) is 1. The van der Waals surface area contributed by atoms with Gasteiger partial charge in [-0.15, -0.1) is 0 Å². The molecule has 1 aromatic rings. The molecule has 4 heteroatoms. The Labute approximate surface area is 108 Å². The van der Waals surface area contributed by atoms with Crippen LogP contribution >= 0.6 is 0 Å². The normalized spacial score (nSPS) is 10.3. The predicted molar refractivity (Wildman–Crippen MR) is 68.3 cm³/mol. The third-order valence-corrected chi connectivity index (χ3v) is 2.62. The smallest absolute Gasteiger partial charge is 0.128 e. The van der Waals surface area contributed by atoms with E-state index in [1.54, 1.807) is 6.07 Å². The van der Waals surface area contributed by atoms with Crippen LogP contribution in [0.5, 0.6) is 5.75 Å². The van der Waals surface area contributed by atoms with Crippen LogP contribution in [0.3, 0.4) is 0 Å². The summed E-state index contributed by atoms with van der Waals surface area (Å²) in [5.41, 5.74) is 2.11. The van der Waals surface area contributed by atoms with Crippen LogP contribution in [0.1, 0.15) is 30.9 Å². The van der Waals surface area contributed by atoms with Gasteiger partial charge in [0, 0.05) is 6.54 Å². The number of carboxylic acids is 1. The minimum atomic E-state index is -1.21. The molecule has 1 aromatic carbocycles. The molecule has 0 unspecified atom stereocenters. The zero-order chi connectivity index (χ0) is 13.4. The molecule has 0 saturated carbocycles. The summed E-state index contributed by atoms with van der Waals surface area (Å²) in [5, 5.41) is 13.7. The van der Waals surface area contributed by atoms with E-state index < -0.39 is 12.6 Å². The molecule has 18 heavy (non-hydrogen) atoms. The van der Waals surface area contributed by atoms with Crippen molar-refractivity contribution < 1.29 is 14.6 Å². The number of carbonyl (C=O) groups is 1. The van der Waals surface area contributed by atoms with E-state index in [2.05, 4.69) is 12.2 Å². The third kappa shape index (κ3) is 5.19.